The SMILES string of the molecule is Cc1cccc(N2CCN(c3ccc(C(=O)O)cc3NS(=O)(=O)c3cccs3)CC2)c1C.O=C(O)C(F)(F)F. The number of thiophene rings is 1. The molecule has 1 aliphatic heterocycles. The highest BCUT2D eigenvalue weighted by atomic mass is 32.2. The van der Waals surface area contributed by atoms with Gasteiger partial charge in [0.2, 0.25) is 0 Å². The molecule has 14 heteroatoms. The molecule has 4 rings (SSSR count). The maximum absolute atomic E-state index is 12.8. The van der Waals surface area contributed by atoms with Crippen LogP contribution in [0.4, 0.5) is 30.2 Å². The first-order valence-electron chi connectivity index (χ1n) is 11.5. The number of hydrogen-bond acceptors (Lipinski definition) is 7. The molecule has 0 bridgehead atoms. The van der Waals surface area contributed by atoms with Crippen LogP contribution in [-0.2, 0) is 14.8 Å². The summed E-state index contributed by atoms with van der Waals surface area (Å²) in [7, 11) is -3.80. The molecule has 0 aliphatic carbocycles. The zero-order chi connectivity index (χ0) is 29.0. The number of alkyl halides is 3. The number of anilines is 3. The Labute approximate surface area is 227 Å². The molecule has 0 spiro atoms. The van der Waals surface area contributed by atoms with Gasteiger partial charge in [-0.25, -0.2) is 18.0 Å². The van der Waals surface area contributed by atoms with Gasteiger partial charge in [0.1, 0.15) is 4.21 Å². The van der Waals surface area contributed by atoms with Gasteiger partial charge < -0.3 is 20.0 Å². The van der Waals surface area contributed by atoms with Crippen LogP contribution < -0.4 is 14.5 Å². The smallest absolute Gasteiger partial charge is 0.478 e. The predicted molar refractivity (Wildman–Crippen MR) is 143 cm³/mol. The van der Waals surface area contributed by atoms with Crippen LogP contribution in [0.2, 0.25) is 0 Å². The summed E-state index contributed by atoms with van der Waals surface area (Å²) in [6.07, 6.45) is -5.08. The summed E-state index contributed by atoms with van der Waals surface area (Å²) < 4.78 is 60.1. The van der Waals surface area contributed by atoms with Gasteiger partial charge in [0.25, 0.3) is 10.0 Å². The first-order valence-corrected chi connectivity index (χ1v) is 13.9. The van der Waals surface area contributed by atoms with E-state index < -0.39 is 28.1 Å². The Morgan fingerprint density at radius 3 is 2.03 bits per heavy atom. The lowest BCUT2D eigenvalue weighted by atomic mass is 10.1. The number of sulfonamides is 1. The fourth-order valence-electron chi connectivity index (χ4n) is 3.90. The second-order valence-electron chi connectivity index (χ2n) is 8.57. The number of aryl methyl sites for hydroxylation is 1. The topological polar surface area (TPSA) is 127 Å². The molecule has 0 saturated carbocycles. The van der Waals surface area contributed by atoms with Crippen molar-refractivity contribution in [2.75, 3.05) is 40.7 Å². The average molecular weight is 586 g/mol. The number of nitrogens with one attached hydrogen (secondary N) is 1. The minimum Gasteiger partial charge on any atom is -0.478 e. The number of hydrogen-bond donors (Lipinski definition) is 3. The van der Waals surface area contributed by atoms with E-state index in [9.17, 15) is 31.5 Å². The molecule has 0 unspecified atom stereocenters. The van der Waals surface area contributed by atoms with Crippen LogP contribution in [0.5, 0.6) is 0 Å². The highest BCUT2D eigenvalue weighted by Crippen LogP contribution is 2.32. The molecule has 2 aromatic carbocycles. The first-order chi connectivity index (χ1) is 18.2. The van der Waals surface area contributed by atoms with Gasteiger partial charge in [-0.1, -0.05) is 18.2 Å². The lowest BCUT2D eigenvalue weighted by Gasteiger charge is -2.39. The molecule has 2 heterocycles. The van der Waals surface area contributed by atoms with Crippen LogP contribution in [-0.4, -0.2) is 62.9 Å². The lowest BCUT2D eigenvalue weighted by Crippen LogP contribution is -2.47. The number of carboxylic acid groups (broad SMARTS) is 2. The van der Waals surface area contributed by atoms with Crippen molar-refractivity contribution in [3.63, 3.8) is 0 Å². The van der Waals surface area contributed by atoms with Crippen LogP contribution in [0.1, 0.15) is 21.5 Å². The number of halogens is 3. The Balaban J connectivity index is 0.000000532. The molecule has 0 amide bonds. The molecule has 3 aromatic rings. The summed E-state index contributed by atoms with van der Waals surface area (Å²) in [6, 6.07) is 14.1. The van der Waals surface area contributed by atoms with Crippen LogP contribution in [0, 0.1) is 13.8 Å². The first kappa shape index (κ1) is 29.8. The highest BCUT2D eigenvalue weighted by Gasteiger charge is 2.38. The molecular formula is C25H26F3N3O6S2. The third-order valence-electron chi connectivity index (χ3n) is 6.03. The number of nitrogens with zero attached hydrogens (tertiary/aromatic N) is 2. The van der Waals surface area contributed by atoms with Crippen LogP contribution in [0.15, 0.2) is 58.1 Å². The number of piperazine rings is 1. The molecule has 3 N–H and O–H groups in total. The Hall–Kier alpha value is -3.78. The molecule has 0 atom stereocenters. The van der Waals surface area contributed by atoms with Crippen molar-refractivity contribution in [2.45, 2.75) is 24.2 Å². The summed E-state index contributed by atoms with van der Waals surface area (Å²) >= 11 is 1.11. The zero-order valence-corrected chi connectivity index (χ0v) is 22.5. The monoisotopic (exact) mass is 585 g/mol. The lowest BCUT2D eigenvalue weighted by molar-refractivity contribution is -0.192. The molecular weight excluding hydrogens is 559 g/mol. The van der Waals surface area contributed by atoms with Gasteiger partial charge in [-0.2, -0.15) is 13.2 Å². The number of aromatic carboxylic acids is 1. The van der Waals surface area contributed by atoms with Crippen molar-refractivity contribution < 1.29 is 41.4 Å². The van der Waals surface area contributed by atoms with E-state index in [1.165, 1.54) is 35.0 Å². The van der Waals surface area contributed by atoms with E-state index in [2.05, 4.69) is 46.6 Å². The Morgan fingerprint density at radius 1 is 0.923 bits per heavy atom. The van der Waals surface area contributed by atoms with Crippen LogP contribution in [0.3, 0.4) is 0 Å². The molecule has 210 valence electrons. The summed E-state index contributed by atoms with van der Waals surface area (Å²) in [6.45, 7) is 7.16. The molecule has 1 aliphatic rings. The Kier molecular flexibility index (Phi) is 9.12. The molecule has 1 saturated heterocycles. The van der Waals surface area contributed by atoms with Crippen molar-refractivity contribution in [2.24, 2.45) is 0 Å². The fourth-order valence-corrected chi connectivity index (χ4v) is 5.96. The van der Waals surface area contributed by atoms with E-state index in [4.69, 9.17) is 9.90 Å². The van der Waals surface area contributed by atoms with Gasteiger partial charge in [-0.05, 0) is 60.7 Å². The van der Waals surface area contributed by atoms with Crippen LogP contribution in [0.25, 0.3) is 0 Å². The van der Waals surface area contributed by atoms with Gasteiger partial charge >= 0.3 is 18.1 Å². The van der Waals surface area contributed by atoms with E-state index in [-0.39, 0.29) is 15.5 Å². The van der Waals surface area contributed by atoms with E-state index in [1.54, 1.807) is 17.5 Å². The Bertz CT molecular complexity index is 1440. The number of benzene rings is 2. The largest absolute Gasteiger partial charge is 0.490 e. The standard InChI is InChI=1S/C23H25N3O4S2.C2HF3O2/c1-16-5-3-6-20(17(16)2)25-10-12-26(13-11-25)21-9-8-18(23(27)28)15-19(21)24-32(29,30)22-7-4-14-31-22;3-2(4,5)1(6)7/h3-9,14-15,24H,10-13H2,1-2H3,(H,27,28);(H,6,7). The summed E-state index contributed by atoms with van der Waals surface area (Å²) in [4.78, 5) is 24.8. The minimum atomic E-state index is -5.08. The van der Waals surface area contributed by atoms with Gasteiger partial charge in [0.15, 0.2) is 0 Å². The summed E-state index contributed by atoms with van der Waals surface area (Å²) in [5, 5.41) is 18.2. The maximum atomic E-state index is 12.8. The predicted octanol–water partition coefficient (Wildman–Crippen LogP) is 4.82. The number of rotatable bonds is 6. The molecule has 0 radical (unpaired) electrons. The molecule has 1 aromatic heterocycles. The second kappa shape index (κ2) is 11.9. The number of carbonyl (C=O) groups is 2. The summed E-state index contributed by atoms with van der Waals surface area (Å²) in [5.41, 5.74) is 4.71. The third-order valence-corrected chi connectivity index (χ3v) is 8.79. The van der Waals surface area contributed by atoms with E-state index in [0.717, 1.165) is 24.4 Å². The third kappa shape index (κ3) is 7.41. The molecule has 1 fully saturated rings. The fraction of sp³-hybridized carbons (Fsp3) is 0.280. The van der Waals surface area contributed by atoms with Gasteiger partial charge in [0.05, 0.1) is 16.9 Å². The van der Waals surface area contributed by atoms with E-state index in [0.29, 0.717) is 18.8 Å². The van der Waals surface area contributed by atoms with Crippen LogP contribution >= 0.6 is 11.3 Å². The maximum Gasteiger partial charge on any atom is 0.490 e. The normalized spacial score (nSPS) is 13.9. The number of aliphatic carboxylic acids is 1. The van der Waals surface area contributed by atoms with Gasteiger partial charge in [-0.15, -0.1) is 11.3 Å². The molecule has 39 heavy (non-hydrogen) atoms. The highest BCUT2D eigenvalue weighted by molar-refractivity contribution is 7.94. The Morgan fingerprint density at radius 2 is 1.51 bits per heavy atom. The van der Waals surface area contributed by atoms with E-state index >= 15 is 0 Å². The van der Waals surface area contributed by atoms with E-state index in [1.807, 2.05) is 0 Å². The van der Waals surface area contributed by atoms with Crippen molar-refractivity contribution in [3.8, 4) is 0 Å². The van der Waals surface area contributed by atoms with Gasteiger partial charge in [-0.3, -0.25) is 4.72 Å². The second-order valence-corrected chi connectivity index (χ2v) is 11.4. The average Bonchev–Trinajstić information content (AvgIpc) is 3.42. The summed E-state index contributed by atoms with van der Waals surface area (Å²) in [5.74, 6) is -3.86. The minimum absolute atomic E-state index is 0.0339. The number of carboxylic acids is 2. The van der Waals surface area contributed by atoms with Crippen molar-refractivity contribution >= 4 is 50.4 Å². The zero-order valence-electron chi connectivity index (χ0n) is 20.9. The van der Waals surface area contributed by atoms with Crippen molar-refractivity contribution in [3.05, 3.63) is 70.6 Å². The van der Waals surface area contributed by atoms with Crippen molar-refractivity contribution in [1.82, 2.24) is 0 Å². The van der Waals surface area contributed by atoms with Crippen molar-refractivity contribution in [1.29, 1.82) is 0 Å². The van der Waals surface area contributed by atoms with Gasteiger partial charge in [0, 0.05) is 31.9 Å². The quantitative estimate of drug-likeness (QED) is 0.376. The molecule has 9 nitrogen and oxygen atoms in total.